The third-order valence-electron chi connectivity index (χ3n) is 1.66. The van der Waals surface area contributed by atoms with E-state index in [4.69, 9.17) is 4.74 Å². The molecule has 0 atom stereocenters. The molecule has 0 N–H and O–H groups in total. The first-order chi connectivity index (χ1) is 7.08. The predicted molar refractivity (Wildman–Crippen MR) is 55.6 cm³/mol. The van der Waals surface area contributed by atoms with E-state index in [1.807, 2.05) is 6.92 Å². The van der Waals surface area contributed by atoms with Gasteiger partial charge >= 0.3 is 0 Å². The van der Waals surface area contributed by atoms with E-state index in [9.17, 15) is 4.39 Å². The van der Waals surface area contributed by atoms with Crippen molar-refractivity contribution in [2.75, 3.05) is 0 Å². The van der Waals surface area contributed by atoms with Gasteiger partial charge in [0, 0.05) is 24.0 Å². The van der Waals surface area contributed by atoms with Crippen LogP contribution in [0.25, 0.3) is 0 Å². The zero-order valence-corrected chi connectivity index (χ0v) is 8.83. The first kappa shape index (κ1) is 11.4. The second-order valence-corrected chi connectivity index (χ2v) is 3.13. The minimum absolute atomic E-state index is 0.329. The molecule has 0 aliphatic rings. The van der Waals surface area contributed by atoms with Crippen molar-refractivity contribution in [3.63, 3.8) is 0 Å². The van der Waals surface area contributed by atoms with Crippen LogP contribution in [0.5, 0.6) is 0 Å². The number of nitrogens with zero attached hydrogens (tertiary/aromatic N) is 2. The lowest BCUT2D eigenvalue weighted by atomic mass is 10.3. The first-order valence-corrected chi connectivity index (χ1v) is 4.51. The molecule has 0 saturated carbocycles. The Morgan fingerprint density at radius 1 is 1.53 bits per heavy atom. The molecule has 0 fully saturated rings. The monoisotopic (exact) mass is 208 g/mol. The lowest BCUT2D eigenvalue weighted by Crippen LogP contribution is -1.95. The molecule has 80 valence electrons. The number of ether oxygens (including phenoxy) is 1. The third kappa shape index (κ3) is 4.35. The summed E-state index contributed by atoms with van der Waals surface area (Å²) in [7, 11) is 0. The van der Waals surface area contributed by atoms with E-state index in [0.29, 0.717) is 18.2 Å². The van der Waals surface area contributed by atoms with Crippen LogP contribution in [0.4, 0.5) is 4.39 Å². The van der Waals surface area contributed by atoms with Gasteiger partial charge in [-0.25, -0.2) is 14.4 Å². The molecular weight excluding hydrogens is 195 g/mol. The zero-order valence-electron chi connectivity index (χ0n) is 8.83. The van der Waals surface area contributed by atoms with Gasteiger partial charge in [0.1, 0.15) is 18.3 Å². The maximum atomic E-state index is 12.4. The summed E-state index contributed by atoms with van der Waals surface area (Å²) in [6.07, 6.45) is 4.59. The van der Waals surface area contributed by atoms with Gasteiger partial charge in [-0.15, -0.1) is 0 Å². The standard InChI is InChI=1S/C11H13FN2O/c1-8(12)4-9(2)15-7-11-5-13-10(3)14-6-11/h4-6H,1,7H2,2-3H3. The molecule has 0 amide bonds. The van der Waals surface area contributed by atoms with Gasteiger partial charge in [0.2, 0.25) is 0 Å². The van der Waals surface area contributed by atoms with Crippen molar-refractivity contribution in [1.82, 2.24) is 9.97 Å². The van der Waals surface area contributed by atoms with E-state index in [-0.39, 0.29) is 0 Å². The number of aryl methyl sites for hydroxylation is 1. The van der Waals surface area contributed by atoms with Gasteiger partial charge in [0.05, 0.1) is 5.76 Å². The SMILES string of the molecule is C=C(F)C=C(C)OCc1cnc(C)nc1. The van der Waals surface area contributed by atoms with Crippen LogP contribution in [0, 0.1) is 6.92 Å². The summed E-state index contributed by atoms with van der Waals surface area (Å²) in [6.45, 7) is 6.92. The number of allylic oxidation sites excluding steroid dienone is 3. The van der Waals surface area contributed by atoms with Crippen LogP contribution in [-0.2, 0) is 11.3 Å². The van der Waals surface area contributed by atoms with Crippen LogP contribution in [0.3, 0.4) is 0 Å². The summed E-state index contributed by atoms with van der Waals surface area (Å²) >= 11 is 0. The van der Waals surface area contributed by atoms with Crippen LogP contribution >= 0.6 is 0 Å². The lowest BCUT2D eigenvalue weighted by Gasteiger charge is -2.05. The molecule has 1 aromatic heterocycles. The van der Waals surface area contributed by atoms with E-state index >= 15 is 0 Å². The fourth-order valence-electron chi connectivity index (χ4n) is 0.953. The Labute approximate surface area is 88.3 Å². The summed E-state index contributed by atoms with van der Waals surface area (Å²) in [6, 6.07) is 0. The largest absolute Gasteiger partial charge is 0.493 e. The molecule has 15 heavy (non-hydrogen) atoms. The molecule has 0 aliphatic carbocycles. The minimum atomic E-state index is -0.521. The lowest BCUT2D eigenvalue weighted by molar-refractivity contribution is 0.199. The van der Waals surface area contributed by atoms with Crippen LogP contribution in [0.1, 0.15) is 18.3 Å². The Morgan fingerprint density at radius 2 is 2.13 bits per heavy atom. The molecule has 4 heteroatoms. The van der Waals surface area contributed by atoms with Gasteiger partial charge in [-0.05, 0) is 13.8 Å². The highest BCUT2D eigenvalue weighted by Crippen LogP contribution is 2.06. The maximum absolute atomic E-state index is 12.4. The van der Waals surface area contributed by atoms with Gasteiger partial charge in [-0.2, -0.15) is 0 Å². The average molecular weight is 208 g/mol. The zero-order chi connectivity index (χ0) is 11.3. The van der Waals surface area contributed by atoms with Gasteiger partial charge in [-0.3, -0.25) is 0 Å². The van der Waals surface area contributed by atoms with Crippen LogP contribution in [0.2, 0.25) is 0 Å². The van der Waals surface area contributed by atoms with Crippen molar-refractivity contribution in [3.8, 4) is 0 Å². The smallest absolute Gasteiger partial charge is 0.125 e. The van der Waals surface area contributed by atoms with Gasteiger partial charge in [-0.1, -0.05) is 6.58 Å². The quantitative estimate of drug-likeness (QED) is 0.563. The van der Waals surface area contributed by atoms with E-state index in [0.717, 1.165) is 5.56 Å². The molecular formula is C11H13FN2O. The van der Waals surface area contributed by atoms with E-state index in [2.05, 4.69) is 16.5 Å². The summed E-state index contributed by atoms with van der Waals surface area (Å²) in [4.78, 5) is 8.03. The number of halogens is 1. The Hall–Kier alpha value is -1.71. The molecule has 0 aliphatic heterocycles. The molecule has 0 radical (unpaired) electrons. The predicted octanol–water partition coefficient (Wildman–Crippen LogP) is 2.69. The molecule has 0 unspecified atom stereocenters. The maximum Gasteiger partial charge on any atom is 0.125 e. The minimum Gasteiger partial charge on any atom is -0.493 e. The van der Waals surface area contributed by atoms with Crippen molar-refractivity contribution < 1.29 is 9.13 Å². The van der Waals surface area contributed by atoms with Gasteiger partial charge in [0.15, 0.2) is 0 Å². The summed E-state index contributed by atoms with van der Waals surface area (Å²) in [5.41, 5.74) is 0.845. The summed E-state index contributed by atoms with van der Waals surface area (Å²) in [5.74, 6) is 0.666. The topological polar surface area (TPSA) is 35.0 Å². The molecule has 0 saturated heterocycles. The van der Waals surface area contributed by atoms with E-state index in [1.165, 1.54) is 6.08 Å². The molecule has 3 nitrogen and oxygen atoms in total. The fraction of sp³-hybridized carbons (Fsp3) is 0.273. The average Bonchev–Trinajstić information content (AvgIpc) is 2.16. The highest BCUT2D eigenvalue weighted by molar-refractivity contribution is 5.10. The van der Waals surface area contributed by atoms with Crippen molar-refractivity contribution in [3.05, 3.63) is 48.0 Å². The highest BCUT2D eigenvalue weighted by Gasteiger charge is 1.96. The van der Waals surface area contributed by atoms with Crippen LogP contribution < -0.4 is 0 Å². The number of rotatable bonds is 4. The molecule has 1 heterocycles. The van der Waals surface area contributed by atoms with Crippen molar-refractivity contribution in [2.45, 2.75) is 20.5 Å². The van der Waals surface area contributed by atoms with Gasteiger partial charge in [0.25, 0.3) is 0 Å². The molecule has 0 aromatic carbocycles. The Morgan fingerprint density at radius 3 is 2.67 bits per heavy atom. The normalized spacial score (nSPS) is 11.3. The van der Waals surface area contributed by atoms with Crippen molar-refractivity contribution >= 4 is 0 Å². The Balaban J connectivity index is 2.50. The third-order valence-corrected chi connectivity index (χ3v) is 1.66. The number of hydrogen-bond acceptors (Lipinski definition) is 3. The Bertz CT molecular complexity index is 371. The van der Waals surface area contributed by atoms with Crippen LogP contribution in [0.15, 0.2) is 36.6 Å². The number of aromatic nitrogens is 2. The summed E-state index contributed by atoms with van der Waals surface area (Å²) in [5, 5.41) is 0. The molecule has 1 aromatic rings. The molecule has 0 spiro atoms. The summed E-state index contributed by atoms with van der Waals surface area (Å²) < 4.78 is 17.6. The fourth-order valence-corrected chi connectivity index (χ4v) is 0.953. The Kier molecular flexibility index (Phi) is 3.97. The van der Waals surface area contributed by atoms with E-state index in [1.54, 1.807) is 19.3 Å². The van der Waals surface area contributed by atoms with Crippen molar-refractivity contribution in [1.29, 1.82) is 0 Å². The molecule has 1 rings (SSSR count). The van der Waals surface area contributed by atoms with Crippen LogP contribution in [-0.4, -0.2) is 9.97 Å². The molecule has 0 bridgehead atoms. The second kappa shape index (κ2) is 5.24. The first-order valence-electron chi connectivity index (χ1n) is 4.51. The van der Waals surface area contributed by atoms with Crippen molar-refractivity contribution in [2.24, 2.45) is 0 Å². The number of hydrogen-bond donors (Lipinski definition) is 0. The van der Waals surface area contributed by atoms with E-state index < -0.39 is 5.83 Å². The van der Waals surface area contributed by atoms with Gasteiger partial charge < -0.3 is 4.74 Å². The highest BCUT2D eigenvalue weighted by atomic mass is 19.1. The second-order valence-electron chi connectivity index (χ2n) is 3.13.